The third-order valence-corrected chi connectivity index (χ3v) is 3.91. The van der Waals surface area contributed by atoms with Gasteiger partial charge in [0.25, 0.3) is 0 Å². The van der Waals surface area contributed by atoms with E-state index in [4.69, 9.17) is 9.47 Å². The number of rotatable bonds is 4. The Kier molecular flexibility index (Phi) is 4.47. The van der Waals surface area contributed by atoms with Crippen molar-refractivity contribution in [1.29, 1.82) is 0 Å². The van der Waals surface area contributed by atoms with Gasteiger partial charge in [-0.2, -0.15) is 0 Å². The maximum Gasteiger partial charge on any atom is 0.223 e. The van der Waals surface area contributed by atoms with Gasteiger partial charge in [0.2, 0.25) is 5.95 Å². The van der Waals surface area contributed by atoms with E-state index in [0.29, 0.717) is 25.1 Å². The van der Waals surface area contributed by atoms with Crippen molar-refractivity contribution in [2.24, 2.45) is 5.92 Å². The molecule has 2 heterocycles. The van der Waals surface area contributed by atoms with Crippen molar-refractivity contribution in [3.63, 3.8) is 0 Å². The molecule has 1 aliphatic rings. The van der Waals surface area contributed by atoms with Crippen LogP contribution in [-0.4, -0.2) is 23.2 Å². The number of nitrogens with one attached hydrogen (secondary N) is 1. The highest BCUT2D eigenvalue weighted by Gasteiger charge is 2.20. The van der Waals surface area contributed by atoms with E-state index in [9.17, 15) is 0 Å². The van der Waals surface area contributed by atoms with Gasteiger partial charge < -0.3 is 14.8 Å². The number of hydrogen-bond acceptors (Lipinski definition) is 5. The van der Waals surface area contributed by atoms with Gasteiger partial charge >= 0.3 is 0 Å². The molecule has 0 saturated heterocycles. The van der Waals surface area contributed by atoms with Gasteiger partial charge in [-0.3, -0.25) is 0 Å². The smallest absolute Gasteiger partial charge is 0.223 e. The molecule has 0 spiro atoms. The Labute approximate surface area is 138 Å². The van der Waals surface area contributed by atoms with Crippen LogP contribution in [0.1, 0.15) is 25.5 Å². The number of nitrogens with zero attached hydrogens (tertiary/aromatic N) is 2. The predicted octanol–water partition coefficient (Wildman–Crippen LogP) is 3.82. The van der Waals surface area contributed by atoms with Crippen LogP contribution in [0.2, 0.25) is 0 Å². The summed E-state index contributed by atoms with van der Waals surface area (Å²) in [6.07, 6.45) is 3.47. The summed E-state index contributed by atoms with van der Waals surface area (Å²) >= 11 is 3.34. The third kappa shape index (κ3) is 3.32. The minimum atomic E-state index is 0.0944. The molecular weight excluding hydrogens is 346 g/mol. The quantitative estimate of drug-likeness (QED) is 0.894. The largest absolute Gasteiger partial charge is 0.486 e. The molecule has 0 saturated carbocycles. The minimum absolute atomic E-state index is 0.0944. The normalized spacial score (nSPS) is 14.7. The van der Waals surface area contributed by atoms with E-state index in [1.165, 1.54) is 0 Å². The Morgan fingerprint density at radius 1 is 1.09 bits per heavy atom. The summed E-state index contributed by atoms with van der Waals surface area (Å²) in [5.74, 6) is 2.58. The third-order valence-electron chi connectivity index (χ3n) is 3.50. The topological polar surface area (TPSA) is 56.3 Å². The molecule has 0 bridgehead atoms. The van der Waals surface area contributed by atoms with Gasteiger partial charge in [-0.05, 0) is 39.5 Å². The molecule has 1 aromatic heterocycles. The van der Waals surface area contributed by atoms with Gasteiger partial charge in [-0.1, -0.05) is 19.9 Å². The Bertz CT molecular complexity index is 646. The molecule has 0 amide bonds. The van der Waals surface area contributed by atoms with E-state index >= 15 is 0 Å². The second-order valence-electron chi connectivity index (χ2n) is 5.49. The lowest BCUT2D eigenvalue weighted by atomic mass is 9.95. The molecule has 1 unspecified atom stereocenters. The number of ether oxygens (including phenoxy) is 2. The molecule has 0 radical (unpaired) electrons. The molecule has 0 aliphatic carbocycles. The first-order valence-corrected chi connectivity index (χ1v) is 8.06. The molecular formula is C16H18BrN3O2. The van der Waals surface area contributed by atoms with Crippen LogP contribution in [0.4, 0.5) is 5.95 Å². The average Bonchev–Trinajstić information content (AvgIpc) is 2.53. The molecule has 22 heavy (non-hydrogen) atoms. The molecule has 1 N–H and O–H groups in total. The number of anilines is 1. The summed E-state index contributed by atoms with van der Waals surface area (Å²) < 4.78 is 12.1. The average molecular weight is 364 g/mol. The maximum absolute atomic E-state index is 5.67. The fourth-order valence-corrected chi connectivity index (χ4v) is 2.62. The molecule has 116 valence electrons. The van der Waals surface area contributed by atoms with Crippen LogP contribution in [0.15, 0.2) is 35.1 Å². The van der Waals surface area contributed by atoms with E-state index < -0.39 is 0 Å². The molecule has 5 nitrogen and oxygen atoms in total. The van der Waals surface area contributed by atoms with Gasteiger partial charge in [0.15, 0.2) is 11.5 Å². The fourth-order valence-electron chi connectivity index (χ4n) is 2.41. The Morgan fingerprint density at radius 2 is 1.77 bits per heavy atom. The summed E-state index contributed by atoms with van der Waals surface area (Å²) in [4.78, 5) is 8.58. The van der Waals surface area contributed by atoms with Crippen LogP contribution in [0.5, 0.6) is 11.5 Å². The van der Waals surface area contributed by atoms with Crippen LogP contribution in [-0.2, 0) is 0 Å². The second kappa shape index (κ2) is 6.52. The first-order chi connectivity index (χ1) is 10.6. The summed E-state index contributed by atoms with van der Waals surface area (Å²) in [5, 5.41) is 3.39. The first kappa shape index (κ1) is 15.1. The SMILES string of the molecule is CC(C)C(Nc1ncc(Br)cn1)c1ccc2c(c1)OCCO2. The van der Waals surface area contributed by atoms with Gasteiger partial charge in [0.1, 0.15) is 13.2 Å². The maximum atomic E-state index is 5.67. The summed E-state index contributed by atoms with van der Waals surface area (Å²) in [6.45, 7) is 5.51. The molecule has 3 rings (SSSR count). The van der Waals surface area contributed by atoms with Crippen molar-refractivity contribution in [1.82, 2.24) is 9.97 Å². The van der Waals surface area contributed by atoms with Gasteiger partial charge in [0.05, 0.1) is 10.5 Å². The lowest BCUT2D eigenvalue weighted by Gasteiger charge is -2.25. The molecule has 1 aliphatic heterocycles. The van der Waals surface area contributed by atoms with Crippen LogP contribution < -0.4 is 14.8 Å². The Hall–Kier alpha value is -1.82. The monoisotopic (exact) mass is 363 g/mol. The van der Waals surface area contributed by atoms with Crippen LogP contribution in [0.25, 0.3) is 0 Å². The zero-order valence-electron chi connectivity index (χ0n) is 12.5. The van der Waals surface area contributed by atoms with Crippen LogP contribution >= 0.6 is 15.9 Å². The molecule has 2 aromatic rings. The van der Waals surface area contributed by atoms with Crippen LogP contribution in [0, 0.1) is 5.92 Å². The number of benzene rings is 1. The Balaban J connectivity index is 1.86. The van der Waals surface area contributed by atoms with E-state index in [0.717, 1.165) is 21.5 Å². The van der Waals surface area contributed by atoms with Crippen molar-refractivity contribution in [2.45, 2.75) is 19.9 Å². The van der Waals surface area contributed by atoms with Crippen molar-refractivity contribution < 1.29 is 9.47 Å². The number of halogens is 1. The second-order valence-corrected chi connectivity index (χ2v) is 6.41. The van der Waals surface area contributed by atoms with Crippen molar-refractivity contribution >= 4 is 21.9 Å². The molecule has 6 heteroatoms. The van der Waals surface area contributed by atoms with E-state index in [2.05, 4.69) is 51.1 Å². The molecule has 0 fully saturated rings. The van der Waals surface area contributed by atoms with E-state index in [-0.39, 0.29) is 6.04 Å². The van der Waals surface area contributed by atoms with Gasteiger partial charge in [0, 0.05) is 12.4 Å². The number of aromatic nitrogens is 2. The zero-order chi connectivity index (χ0) is 15.5. The number of fused-ring (bicyclic) bond motifs is 1. The zero-order valence-corrected chi connectivity index (χ0v) is 14.1. The van der Waals surface area contributed by atoms with E-state index in [1.807, 2.05) is 12.1 Å². The van der Waals surface area contributed by atoms with Gasteiger partial charge in [-0.15, -0.1) is 0 Å². The fraction of sp³-hybridized carbons (Fsp3) is 0.375. The summed E-state index contributed by atoms with van der Waals surface area (Å²) in [6, 6.07) is 6.15. The summed E-state index contributed by atoms with van der Waals surface area (Å²) in [7, 11) is 0. The van der Waals surface area contributed by atoms with E-state index in [1.54, 1.807) is 12.4 Å². The highest BCUT2D eigenvalue weighted by atomic mass is 79.9. The predicted molar refractivity (Wildman–Crippen MR) is 88.4 cm³/mol. The standard InChI is InChI=1S/C16H18BrN3O2/c1-10(2)15(20-16-18-8-12(17)9-19-16)11-3-4-13-14(7-11)22-6-5-21-13/h3-4,7-10,15H,5-6H2,1-2H3,(H,18,19,20). The Morgan fingerprint density at radius 3 is 2.45 bits per heavy atom. The highest BCUT2D eigenvalue weighted by molar-refractivity contribution is 9.10. The van der Waals surface area contributed by atoms with Crippen molar-refractivity contribution in [2.75, 3.05) is 18.5 Å². The molecule has 1 atom stereocenters. The number of hydrogen-bond donors (Lipinski definition) is 1. The lowest BCUT2D eigenvalue weighted by Crippen LogP contribution is -2.20. The first-order valence-electron chi connectivity index (χ1n) is 7.27. The van der Waals surface area contributed by atoms with Crippen molar-refractivity contribution in [3.8, 4) is 11.5 Å². The minimum Gasteiger partial charge on any atom is -0.486 e. The summed E-state index contributed by atoms with van der Waals surface area (Å²) in [5.41, 5.74) is 1.13. The van der Waals surface area contributed by atoms with Crippen LogP contribution in [0.3, 0.4) is 0 Å². The lowest BCUT2D eigenvalue weighted by molar-refractivity contribution is 0.171. The highest BCUT2D eigenvalue weighted by Crippen LogP contribution is 2.35. The molecule has 1 aromatic carbocycles. The van der Waals surface area contributed by atoms with Crippen molar-refractivity contribution in [3.05, 3.63) is 40.6 Å². The van der Waals surface area contributed by atoms with Gasteiger partial charge in [-0.25, -0.2) is 9.97 Å².